The minimum Gasteiger partial charge on any atom is -0.497 e. The summed E-state index contributed by atoms with van der Waals surface area (Å²) in [6, 6.07) is 24.0. The fourth-order valence-electron chi connectivity index (χ4n) is 4.92. The van der Waals surface area contributed by atoms with Crippen LogP contribution in [0.5, 0.6) is 11.5 Å². The van der Waals surface area contributed by atoms with Crippen LogP contribution < -0.4 is 20.7 Å². The van der Waals surface area contributed by atoms with Gasteiger partial charge in [0.2, 0.25) is 5.91 Å². The van der Waals surface area contributed by atoms with Crippen molar-refractivity contribution >= 4 is 22.7 Å². The van der Waals surface area contributed by atoms with Crippen LogP contribution in [0.4, 0.5) is 0 Å². The Hall–Kier alpha value is -4.47. The van der Waals surface area contributed by atoms with Crippen molar-refractivity contribution in [3.05, 3.63) is 90.0 Å². The van der Waals surface area contributed by atoms with Crippen LogP contribution in [0.15, 0.2) is 78.9 Å². The molecule has 3 aromatic carbocycles. The number of para-hydroxylation sites is 1. The Balaban J connectivity index is 1.34. The number of carbonyl (C=O) groups excluding carboxylic acids is 2. The summed E-state index contributed by atoms with van der Waals surface area (Å²) < 4.78 is 11.4. The lowest BCUT2D eigenvalue weighted by Crippen LogP contribution is -2.50. The lowest BCUT2D eigenvalue weighted by atomic mass is 9.89. The third kappa shape index (κ3) is 5.01. The molecule has 0 bridgehead atoms. The van der Waals surface area contributed by atoms with Gasteiger partial charge in [0.05, 0.1) is 18.3 Å². The minimum absolute atomic E-state index is 0.313. The van der Waals surface area contributed by atoms with Gasteiger partial charge >= 0.3 is 0 Å². The molecule has 5 rings (SSSR count). The third-order valence-electron chi connectivity index (χ3n) is 7.30. The van der Waals surface area contributed by atoms with E-state index >= 15 is 0 Å². The predicted molar refractivity (Wildman–Crippen MR) is 146 cm³/mol. The number of aromatic nitrogens is 1. The number of amides is 2. The molecule has 1 saturated heterocycles. The number of hydrogen-bond acceptors (Lipinski definition) is 7. The molecule has 200 valence electrons. The maximum atomic E-state index is 13.1. The van der Waals surface area contributed by atoms with E-state index in [4.69, 9.17) is 25.4 Å². The van der Waals surface area contributed by atoms with E-state index in [2.05, 4.69) is 0 Å². The van der Waals surface area contributed by atoms with Crippen LogP contribution >= 0.6 is 0 Å². The van der Waals surface area contributed by atoms with E-state index in [0.717, 1.165) is 33.5 Å². The Labute approximate surface area is 226 Å². The molecular formula is C30H30N4O5. The number of nitrogens with zero attached hydrogens (tertiary/aromatic N) is 2. The number of benzene rings is 3. The highest BCUT2D eigenvalue weighted by Gasteiger charge is 2.47. The summed E-state index contributed by atoms with van der Waals surface area (Å²) in [4.78, 5) is 31.1. The van der Waals surface area contributed by atoms with Gasteiger partial charge < -0.3 is 20.1 Å². The first kappa shape index (κ1) is 26.1. The van der Waals surface area contributed by atoms with Crippen molar-refractivity contribution in [3.8, 4) is 22.8 Å². The third-order valence-corrected chi connectivity index (χ3v) is 7.30. The van der Waals surface area contributed by atoms with Gasteiger partial charge in [0.15, 0.2) is 0 Å². The van der Waals surface area contributed by atoms with Crippen LogP contribution in [0.3, 0.4) is 0 Å². The average molecular weight is 527 g/mol. The van der Waals surface area contributed by atoms with Crippen LogP contribution in [0.25, 0.3) is 22.2 Å². The molecule has 1 aliphatic rings. The molecule has 1 aliphatic heterocycles. The zero-order chi connectivity index (χ0) is 27.6. The highest BCUT2D eigenvalue weighted by molar-refractivity contribution is 5.94. The molecule has 0 radical (unpaired) electrons. The van der Waals surface area contributed by atoms with Crippen LogP contribution in [0, 0.1) is 0 Å². The van der Waals surface area contributed by atoms with Gasteiger partial charge in [-0.2, -0.15) is 0 Å². The average Bonchev–Trinajstić information content (AvgIpc) is 3.29. The van der Waals surface area contributed by atoms with Gasteiger partial charge in [0.25, 0.3) is 5.91 Å². The lowest BCUT2D eigenvalue weighted by Gasteiger charge is -2.27. The van der Waals surface area contributed by atoms with Crippen LogP contribution in [0.2, 0.25) is 0 Å². The molecule has 0 saturated carbocycles. The Kier molecular flexibility index (Phi) is 7.19. The summed E-state index contributed by atoms with van der Waals surface area (Å²) >= 11 is 0. The van der Waals surface area contributed by atoms with Gasteiger partial charge in [-0.15, -0.1) is 0 Å². The van der Waals surface area contributed by atoms with Gasteiger partial charge in [-0.25, -0.2) is 10.5 Å². The number of ether oxygens (including phenoxy) is 2. The zero-order valence-corrected chi connectivity index (χ0v) is 21.8. The van der Waals surface area contributed by atoms with E-state index in [9.17, 15) is 9.59 Å². The number of fused-ring (bicyclic) bond motifs is 1. The summed E-state index contributed by atoms with van der Waals surface area (Å²) in [6.07, 6.45) is 0.353. The summed E-state index contributed by atoms with van der Waals surface area (Å²) in [5.74, 6) is 0.393. The number of methoxy groups -OCH3 is 1. The predicted octanol–water partition coefficient (Wildman–Crippen LogP) is 3.77. The molecule has 0 spiro atoms. The highest BCUT2D eigenvalue weighted by Crippen LogP contribution is 2.33. The summed E-state index contributed by atoms with van der Waals surface area (Å²) in [5.41, 5.74) is 11.2. The van der Waals surface area contributed by atoms with Gasteiger partial charge in [-0.05, 0) is 67.4 Å². The molecule has 2 heterocycles. The Morgan fingerprint density at radius 3 is 2.49 bits per heavy atom. The van der Waals surface area contributed by atoms with E-state index in [1.165, 1.54) is 4.90 Å². The van der Waals surface area contributed by atoms with Crippen LogP contribution in [-0.2, 0) is 21.7 Å². The van der Waals surface area contributed by atoms with Crippen LogP contribution in [-0.4, -0.2) is 46.6 Å². The van der Waals surface area contributed by atoms with Gasteiger partial charge in [0.1, 0.15) is 29.7 Å². The molecule has 2 atom stereocenters. The topological polar surface area (TPSA) is 127 Å². The maximum Gasteiger partial charge on any atom is 0.265 e. The number of pyridine rings is 1. The highest BCUT2D eigenvalue weighted by atomic mass is 16.5. The summed E-state index contributed by atoms with van der Waals surface area (Å²) in [7, 11) is 1.64. The first-order chi connectivity index (χ1) is 18.8. The number of likely N-dealkylation sites (tertiary alicyclic amines) is 1. The van der Waals surface area contributed by atoms with Gasteiger partial charge in [0, 0.05) is 23.1 Å². The molecule has 1 aromatic heterocycles. The smallest absolute Gasteiger partial charge is 0.265 e. The largest absolute Gasteiger partial charge is 0.497 e. The second kappa shape index (κ2) is 10.7. The van der Waals surface area contributed by atoms with Crippen LogP contribution in [0.1, 0.15) is 24.5 Å². The normalized spacial score (nSPS) is 17.7. The molecule has 4 N–H and O–H groups in total. The van der Waals surface area contributed by atoms with Gasteiger partial charge in [-0.3, -0.25) is 14.8 Å². The van der Waals surface area contributed by atoms with Crippen molar-refractivity contribution in [1.29, 1.82) is 0 Å². The van der Waals surface area contributed by atoms with Crippen molar-refractivity contribution in [2.45, 2.75) is 31.5 Å². The summed E-state index contributed by atoms with van der Waals surface area (Å²) in [5, 5.41) is 9.93. The Bertz CT molecular complexity index is 1510. The van der Waals surface area contributed by atoms with E-state index in [-0.39, 0.29) is 5.91 Å². The SMILES string of the molecule is COc1ccc(-c2cc(COc3ccc(C4(N)CCN(C(C)C(=O)NO)C4=O)cc3)c3ccccc3n2)cc1. The van der Waals surface area contributed by atoms with Crippen molar-refractivity contribution in [2.75, 3.05) is 13.7 Å². The number of nitrogens with two attached hydrogens (primary N) is 1. The fourth-order valence-corrected chi connectivity index (χ4v) is 4.92. The first-order valence-electron chi connectivity index (χ1n) is 12.6. The number of carbonyl (C=O) groups is 2. The first-order valence-corrected chi connectivity index (χ1v) is 12.6. The lowest BCUT2D eigenvalue weighted by molar-refractivity contribution is -0.143. The number of rotatable bonds is 8. The van der Waals surface area contributed by atoms with Crippen molar-refractivity contribution in [1.82, 2.24) is 15.4 Å². The van der Waals surface area contributed by atoms with Crippen molar-refractivity contribution in [2.24, 2.45) is 5.73 Å². The Morgan fingerprint density at radius 2 is 1.79 bits per heavy atom. The van der Waals surface area contributed by atoms with E-state index < -0.39 is 17.5 Å². The number of hydroxylamine groups is 1. The monoisotopic (exact) mass is 526 g/mol. The molecule has 0 aliphatic carbocycles. The minimum atomic E-state index is -1.25. The zero-order valence-electron chi connectivity index (χ0n) is 21.8. The molecule has 9 heteroatoms. The molecule has 2 unspecified atom stereocenters. The molecule has 39 heavy (non-hydrogen) atoms. The molecule has 1 fully saturated rings. The van der Waals surface area contributed by atoms with E-state index in [1.807, 2.05) is 54.6 Å². The van der Waals surface area contributed by atoms with Gasteiger partial charge in [-0.1, -0.05) is 30.3 Å². The van der Waals surface area contributed by atoms with Crippen molar-refractivity contribution < 1.29 is 24.3 Å². The standard InChI is InChI=1S/C30H30N4O5/c1-19(28(35)33-37)34-16-15-30(31,29(34)36)22-9-13-24(14-10-22)39-18-21-17-27(20-7-11-23(38-2)12-8-20)32-26-6-4-3-5-25(21)26/h3-14,17,19,37H,15-16,18,31H2,1-2H3,(H,33,35). The molecule has 2 amide bonds. The van der Waals surface area contributed by atoms with Crippen molar-refractivity contribution in [3.63, 3.8) is 0 Å². The molecular weight excluding hydrogens is 496 g/mol. The van der Waals surface area contributed by atoms with E-state index in [1.54, 1.807) is 43.8 Å². The summed E-state index contributed by atoms with van der Waals surface area (Å²) in [6.45, 7) is 2.18. The number of hydrogen-bond donors (Lipinski definition) is 3. The molecule has 9 nitrogen and oxygen atoms in total. The quantitative estimate of drug-likeness (QED) is 0.236. The second-order valence-electron chi connectivity index (χ2n) is 9.60. The maximum absolute atomic E-state index is 13.1. The fraction of sp³-hybridized carbons (Fsp3) is 0.233. The molecule has 4 aromatic rings. The second-order valence-corrected chi connectivity index (χ2v) is 9.60. The Morgan fingerprint density at radius 1 is 1.10 bits per heavy atom. The number of nitrogens with one attached hydrogen (secondary N) is 1. The van der Waals surface area contributed by atoms with E-state index in [0.29, 0.717) is 30.9 Å².